The number of allylic oxidation sites excluding steroid dienone is 1. The standard InChI is InChI=1S/C20H22ClN3O/c21-17-7-4-8-18(13-17)24-20(25)16-9-10-19(23-14-16)22-12-11-15-5-2-1-3-6-15/h4-5,7-10,13-14H,1-3,6,11-12H2,(H,22,23)(H,24,25). The lowest BCUT2D eigenvalue weighted by molar-refractivity contribution is 0.102. The van der Waals surface area contributed by atoms with Crippen molar-refractivity contribution in [3.8, 4) is 0 Å². The average molecular weight is 356 g/mol. The molecule has 0 saturated heterocycles. The van der Waals surface area contributed by atoms with Crippen molar-refractivity contribution in [1.82, 2.24) is 4.98 Å². The van der Waals surface area contributed by atoms with Crippen molar-refractivity contribution in [3.63, 3.8) is 0 Å². The average Bonchev–Trinajstić information content (AvgIpc) is 2.63. The van der Waals surface area contributed by atoms with Crippen molar-refractivity contribution in [2.24, 2.45) is 0 Å². The Morgan fingerprint density at radius 1 is 1.20 bits per heavy atom. The summed E-state index contributed by atoms with van der Waals surface area (Å²) >= 11 is 5.92. The molecule has 25 heavy (non-hydrogen) atoms. The molecule has 0 atom stereocenters. The minimum atomic E-state index is -0.200. The first kappa shape index (κ1) is 17.5. The Morgan fingerprint density at radius 3 is 2.84 bits per heavy atom. The summed E-state index contributed by atoms with van der Waals surface area (Å²) in [5.74, 6) is 0.587. The molecule has 130 valence electrons. The topological polar surface area (TPSA) is 54.0 Å². The number of amides is 1. The number of carbonyl (C=O) groups excluding carboxylic acids is 1. The van der Waals surface area contributed by atoms with Crippen LogP contribution in [0.4, 0.5) is 11.5 Å². The second-order valence-corrected chi connectivity index (χ2v) is 6.62. The van der Waals surface area contributed by atoms with Gasteiger partial charge < -0.3 is 10.6 Å². The monoisotopic (exact) mass is 355 g/mol. The molecule has 0 spiro atoms. The highest BCUT2D eigenvalue weighted by Crippen LogP contribution is 2.20. The van der Waals surface area contributed by atoms with Gasteiger partial charge in [-0.2, -0.15) is 0 Å². The Bertz CT molecular complexity index is 756. The van der Waals surface area contributed by atoms with E-state index in [1.807, 2.05) is 6.07 Å². The third-order valence-electron chi connectivity index (χ3n) is 4.25. The van der Waals surface area contributed by atoms with E-state index >= 15 is 0 Å². The fourth-order valence-electron chi connectivity index (χ4n) is 2.89. The van der Waals surface area contributed by atoms with Crippen LogP contribution in [0.25, 0.3) is 0 Å². The van der Waals surface area contributed by atoms with Crippen molar-refractivity contribution in [3.05, 3.63) is 64.8 Å². The highest BCUT2D eigenvalue weighted by atomic mass is 35.5. The van der Waals surface area contributed by atoms with Crippen LogP contribution in [0.1, 0.15) is 42.5 Å². The van der Waals surface area contributed by atoms with Gasteiger partial charge in [0.25, 0.3) is 5.91 Å². The summed E-state index contributed by atoms with van der Waals surface area (Å²) in [4.78, 5) is 16.6. The van der Waals surface area contributed by atoms with Gasteiger partial charge in [-0.05, 0) is 62.4 Å². The molecule has 3 rings (SSSR count). The second kappa shape index (κ2) is 8.67. The van der Waals surface area contributed by atoms with Crippen LogP contribution in [-0.4, -0.2) is 17.4 Å². The SMILES string of the molecule is O=C(Nc1cccc(Cl)c1)c1ccc(NCCC2=CCCCC2)nc1. The van der Waals surface area contributed by atoms with Gasteiger partial charge in [0.1, 0.15) is 5.82 Å². The van der Waals surface area contributed by atoms with Crippen LogP contribution < -0.4 is 10.6 Å². The lowest BCUT2D eigenvalue weighted by Crippen LogP contribution is -2.12. The molecule has 0 fully saturated rings. The van der Waals surface area contributed by atoms with Crippen LogP contribution in [0.3, 0.4) is 0 Å². The molecule has 1 aliphatic carbocycles. The van der Waals surface area contributed by atoms with Gasteiger partial charge in [-0.25, -0.2) is 4.98 Å². The molecule has 2 aromatic rings. The van der Waals surface area contributed by atoms with Crippen LogP contribution in [0.5, 0.6) is 0 Å². The lowest BCUT2D eigenvalue weighted by atomic mass is 9.97. The molecule has 1 aromatic carbocycles. The van der Waals surface area contributed by atoms with E-state index in [1.54, 1.807) is 36.5 Å². The normalized spacial score (nSPS) is 13.9. The number of benzene rings is 1. The molecule has 1 aromatic heterocycles. The molecular weight excluding hydrogens is 334 g/mol. The molecule has 1 amide bonds. The van der Waals surface area contributed by atoms with Gasteiger partial charge in [0, 0.05) is 23.5 Å². The van der Waals surface area contributed by atoms with E-state index in [0.29, 0.717) is 16.3 Å². The molecule has 0 unspecified atom stereocenters. The van der Waals surface area contributed by atoms with E-state index in [2.05, 4.69) is 21.7 Å². The van der Waals surface area contributed by atoms with Gasteiger partial charge in [-0.15, -0.1) is 0 Å². The van der Waals surface area contributed by atoms with Crippen molar-refractivity contribution in [2.75, 3.05) is 17.2 Å². The van der Waals surface area contributed by atoms with Crippen molar-refractivity contribution < 1.29 is 4.79 Å². The maximum absolute atomic E-state index is 12.2. The zero-order valence-electron chi connectivity index (χ0n) is 14.1. The fourth-order valence-corrected chi connectivity index (χ4v) is 3.08. The molecule has 5 heteroatoms. The summed E-state index contributed by atoms with van der Waals surface area (Å²) in [6.45, 7) is 0.868. The van der Waals surface area contributed by atoms with Crippen LogP contribution in [-0.2, 0) is 0 Å². The number of pyridine rings is 1. The minimum Gasteiger partial charge on any atom is -0.370 e. The van der Waals surface area contributed by atoms with Gasteiger partial charge in [-0.3, -0.25) is 4.79 Å². The van der Waals surface area contributed by atoms with Gasteiger partial charge in [-0.1, -0.05) is 29.3 Å². The number of aromatic nitrogens is 1. The summed E-state index contributed by atoms with van der Waals surface area (Å²) in [5, 5.41) is 6.71. The summed E-state index contributed by atoms with van der Waals surface area (Å²) in [6.07, 6.45) is 10.1. The van der Waals surface area contributed by atoms with E-state index in [1.165, 1.54) is 31.3 Å². The zero-order chi connectivity index (χ0) is 17.5. The maximum Gasteiger partial charge on any atom is 0.257 e. The molecule has 0 bridgehead atoms. The predicted molar refractivity (Wildman–Crippen MR) is 103 cm³/mol. The Kier molecular flexibility index (Phi) is 6.07. The van der Waals surface area contributed by atoms with E-state index < -0.39 is 0 Å². The van der Waals surface area contributed by atoms with Gasteiger partial charge in [0.2, 0.25) is 0 Å². The molecule has 2 N–H and O–H groups in total. The minimum absolute atomic E-state index is 0.200. The number of hydrogen-bond acceptors (Lipinski definition) is 3. The molecule has 1 heterocycles. The second-order valence-electron chi connectivity index (χ2n) is 6.18. The molecule has 4 nitrogen and oxygen atoms in total. The molecular formula is C20H22ClN3O. The summed E-state index contributed by atoms with van der Waals surface area (Å²) in [6, 6.07) is 10.7. The molecule has 1 aliphatic rings. The third kappa shape index (κ3) is 5.33. The van der Waals surface area contributed by atoms with Crippen molar-refractivity contribution in [1.29, 1.82) is 0 Å². The highest BCUT2D eigenvalue weighted by molar-refractivity contribution is 6.30. The Hall–Kier alpha value is -2.33. The first-order chi connectivity index (χ1) is 12.2. The van der Waals surface area contributed by atoms with Crippen molar-refractivity contribution in [2.45, 2.75) is 32.1 Å². The first-order valence-corrected chi connectivity index (χ1v) is 9.03. The van der Waals surface area contributed by atoms with E-state index in [4.69, 9.17) is 11.6 Å². The Balaban J connectivity index is 1.51. The van der Waals surface area contributed by atoms with E-state index in [9.17, 15) is 4.79 Å². The number of halogens is 1. The Morgan fingerprint density at radius 2 is 2.12 bits per heavy atom. The lowest BCUT2D eigenvalue weighted by Gasteiger charge is -2.13. The van der Waals surface area contributed by atoms with Crippen LogP contribution in [0.15, 0.2) is 54.2 Å². The quantitative estimate of drug-likeness (QED) is 0.692. The predicted octanol–water partition coefficient (Wildman–Crippen LogP) is 5.29. The van der Waals surface area contributed by atoms with Gasteiger partial charge >= 0.3 is 0 Å². The number of rotatable bonds is 6. The van der Waals surface area contributed by atoms with E-state index in [0.717, 1.165) is 18.8 Å². The summed E-state index contributed by atoms with van der Waals surface area (Å²) in [5.41, 5.74) is 2.72. The summed E-state index contributed by atoms with van der Waals surface area (Å²) in [7, 11) is 0. The van der Waals surface area contributed by atoms with Gasteiger partial charge in [0.15, 0.2) is 0 Å². The Labute approximate surface area is 153 Å². The largest absolute Gasteiger partial charge is 0.370 e. The zero-order valence-corrected chi connectivity index (χ0v) is 14.9. The first-order valence-electron chi connectivity index (χ1n) is 8.65. The molecule has 0 radical (unpaired) electrons. The summed E-state index contributed by atoms with van der Waals surface area (Å²) < 4.78 is 0. The van der Waals surface area contributed by atoms with Crippen LogP contribution >= 0.6 is 11.6 Å². The highest BCUT2D eigenvalue weighted by Gasteiger charge is 2.08. The number of carbonyl (C=O) groups is 1. The molecule has 0 saturated carbocycles. The number of hydrogen-bond donors (Lipinski definition) is 2. The fraction of sp³-hybridized carbons (Fsp3) is 0.300. The van der Waals surface area contributed by atoms with Crippen LogP contribution in [0.2, 0.25) is 5.02 Å². The van der Waals surface area contributed by atoms with Crippen molar-refractivity contribution >= 4 is 29.0 Å². The maximum atomic E-state index is 12.2. The number of nitrogens with zero attached hydrogens (tertiary/aromatic N) is 1. The number of nitrogens with one attached hydrogen (secondary N) is 2. The smallest absolute Gasteiger partial charge is 0.257 e. The van der Waals surface area contributed by atoms with E-state index in [-0.39, 0.29) is 5.91 Å². The van der Waals surface area contributed by atoms with Crippen LogP contribution in [0, 0.1) is 0 Å². The third-order valence-corrected chi connectivity index (χ3v) is 4.48. The van der Waals surface area contributed by atoms with Gasteiger partial charge in [0.05, 0.1) is 5.56 Å². The number of anilines is 2. The molecule has 0 aliphatic heterocycles.